The zero-order valence-corrected chi connectivity index (χ0v) is 47.8. The summed E-state index contributed by atoms with van der Waals surface area (Å²) in [6, 6.07) is 74.7. The lowest BCUT2D eigenvalue weighted by molar-refractivity contribution is 0.245. The van der Waals surface area contributed by atoms with Crippen LogP contribution in [0.1, 0.15) is 101 Å². The standard InChI is InChI=1S/C75H69BN4/c1-48-40-69-71-70(41-48)79(65-36-29-57(73(6,7)8)44-60(65)51-21-15-12-16-22-51)67-43-54(50-19-13-11-14-20-50)25-33-63(67)76(71)64-34-32-59(45-68(64)78(69)58-30-27-56(28-31-58)72(3,4)5)80-66-35-26-53(55-39-49(2)46-77-47-55)42-62(66)74(9)38-37-52-23-17-18-24-61(52)75(74,80)10/h11-36,39-45,47H,2,37-38,46H2,1,3-10H3. The second kappa shape index (κ2) is 18.1. The predicted octanol–water partition coefficient (Wildman–Crippen LogP) is 17.3. The largest absolute Gasteiger partial charge is 0.330 e. The topological polar surface area (TPSA) is 22.1 Å². The molecule has 0 amide bonds. The van der Waals surface area contributed by atoms with E-state index in [0.717, 1.165) is 29.7 Å². The van der Waals surface area contributed by atoms with Crippen molar-refractivity contribution in [1.29, 1.82) is 0 Å². The minimum absolute atomic E-state index is 0.00337. The van der Waals surface area contributed by atoms with E-state index >= 15 is 0 Å². The first-order valence-corrected chi connectivity index (χ1v) is 28.8. The summed E-state index contributed by atoms with van der Waals surface area (Å²) in [7, 11) is 0. The molecule has 0 saturated carbocycles. The van der Waals surface area contributed by atoms with Crippen LogP contribution in [0, 0.1) is 6.92 Å². The number of aliphatic imine (C=N–C) groups is 1. The maximum atomic E-state index is 4.72. The number of aryl methyl sites for hydroxylation is 2. The molecule has 0 N–H and O–H groups in total. The highest BCUT2D eigenvalue weighted by Crippen LogP contribution is 2.64. The molecule has 14 rings (SSSR count). The van der Waals surface area contributed by atoms with Crippen LogP contribution in [-0.4, -0.2) is 19.5 Å². The average molecular weight is 1040 g/mol. The van der Waals surface area contributed by atoms with Crippen molar-refractivity contribution in [1.82, 2.24) is 0 Å². The van der Waals surface area contributed by atoms with E-state index in [4.69, 9.17) is 4.99 Å². The molecule has 4 nitrogen and oxygen atoms in total. The van der Waals surface area contributed by atoms with E-state index in [9.17, 15) is 0 Å². The number of allylic oxidation sites excluding steroid dienone is 1. The quantitative estimate of drug-likeness (QED) is 0.155. The van der Waals surface area contributed by atoms with Gasteiger partial charge in [-0.05, 0) is 193 Å². The molecule has 9 aromatic carbocycles. The fourth-order valence-electron chi connectivity index (χ4n) is 14.4. The molecule has 0 bridgehead atoms. The first-order chi connectivity index (χ1) is 38.5. The number of benzene rings is 9. The Morgan fingerprint density at radius 3 is 1.84 bits per heavy atom. The van der Waals surface area contributed by atoms with Gasteiger partial charge in [-0.15, -0.1) is 0 Å². The van der Waals surface area contributed by atoms with Crippen LogP contribution in [0.15, 0.2) is 217 Å². The van der Waals surface area contributed by atoms with Crippen molar-refractivity contribution in [2.45, 2.75) is 96.9 Å². The molecule has 1 aliphatic carbocycles. The van der Waals surface area contributed by atoms with Gasteiger partial charge in [0.15, 0.2) is 0 Å². The van der Waals surface area contributed by atoms with Crippen LogP contribution >= 0.6 is 0 Å². The molecule has 2 unspecified atom stereocenters. The number of nitrogens with zero attached hydrogens (tertiary/aromatic N) is 4. The second-order valence-electron chi connectivity index (χ2n) is 25.7. The number of rotatable bonds is 6. The lowest BCUT2D eigenvalue weighted by Crippen LogP contribution is -2.61. The van der Waals surface area contributed by atoms with Gasteiger partial charge in [0.1, 0.15) is 0 Å². The van der Waals surface area contributed by atoms with Gasteiger partial charge in [-0.3, -0.25) is 4.99 Å². The smallest absolute Gasteiger partial charge is 0.252 e. The minimum atomic E-state index is -0.407. The van der Waals surface area contributed by atoms with E-state index in [1.165, 1.54) is 117 Å². The number of fused-ring (bicyclic) bond motifs is 9. The molecule has 392 valence electrons. The monoisotopic (exact) mass is 1040 g/mol. The summed E-state index contributed by atoms with van der Waals surface area (Å²) in [6.07, 6.45) is 6.31. The van der Waals surface area contributed by atoms with Crippen molar-refractivity contribution >= 4 is 80.4 Å². The van der Waals surface area contributed by atoms with Gasteiger partial charge in [0, 0.05) is 57.0 Å². The summed E-state index contributed by atoms with van der Waals surface area (Å²) in [4.78, 5) is 12.7. The molecule has 4 aliphatic heterocycles. The molecule has 0 aromatic heterocycles. The van der Waals surface area contributed by atoms with Crippen LogP contribution in [-0.2, 0) is 28.2 Å². The molecule has 5 aliphatic rings. The summed E-state index contributed by atoms with van der Waals surface area (Å²) in [5.74, 6) is 0. The number of hydrogen-bond acceptors (Lipinski definition) is 4. The van der Waals surface area contributed by atoms with Gasteiger partial charge >= 0.3 is 0 Å². The van der Waals surface area contributed by atoms with Crippen LogP contribution in [0.5, 0.6) is 0 Å². The van der Waals surface area contributed by atoms with Crippen molar-refractivity contribution in [2.24, 2.45) is 4.99 Å². The Bertz CT molecular complexity index is 4080. The average Bonchev–Trinajstić information content (AvgIpc) is 3.82. The van der Waals surface area contributed by atoms with Crippen molar-refractivity contribution in [3.8, 4) is 22.3 Å². The van der Waals surface area contributed by atoms with Gasteiger partial charge in [0.05, 0.1) is 17.8 Å². The van der Waals surface area contributed by atoms with Gasteiger partial charge in [0.2, 0.25) is 0 Å². The van der Waals surface area contributed by atoms with Gasteiger partial charge in [-0.25, -0.2) is 0 Å². The molecule has 2 atom stereocenters. The van der Waals surface area contributed by atoms with Gasteiger partial charge in [-0.1, -0.05) is 182 Å². The maximum absolute atomic E-state index is 4.72. The summed E-state index contributed by atoms with van der Waals surface area (Å²) < 4.78 is 0. The molecule has 9 aromatic rings. The van der Waals surface area contributed by atoms with Crippen molar-refractivity contribution in [2.75, 3.05) is 21.2 Å². The Labute approximate surface area is 474 Å². The van der Waals surface area contributed by atoms with E-state index < -0.39 is 5.54 Å². The van der Waals surface area contributed by atoms with Gasteiger partial charge < -0.3 is 14.7 Å². The highest BCUT2D eigenvalue weighted by atomic mass is 15.3. The Kier molecular flexibility index (Phi) is 11.3. The van der Waals surface area contributed by atoms with Gasteiger partial charge in [-0.2, -0.15) is 0 Å². The van der Waals surface area contributed by atoms with E-state index in [0.29, 0.717) is 6.54 Å². The van der Waals surface area contributed by atoms with Crippen LogP contribution in [0.25, 0.3) is 27.8 Å². The van der Waals surface area contributed by atoms with E-state index in [1.807, 2.05) is 6.21 Å². The Morgan fingerprint density at radius 2 is 1.12 bits per heavy atom. The molecule has 0 spiro atoms. The summed E-state index contributed by atoms with van der Waals surface area (Å²) in [6.45, 7) is 26.1. The predicted molar refractivity (Wildman–Crippen MR) is 342 cm³/mol. The fraction of sp³-hybridized carbons (Fsp3) is 0.213. The van der Waals surface area contributed by atoms with Crippen molar-refractivity contribution < 1.29 is 0 Å². The van der Waals surface area contributed by atoms with Crippen LogP contribution in [0.4, 0.5) is 45.5 Å². The first-order valence-electron chi connectivity index (χ1n) is 28.8. The number of hydrogen-bond donors (Lipinski definition) is 0. The van der Waals surface area contributed by atoms with E-state index in [2.05, 4.69) is 284 Å². The van der Waals surface area contributed by atoms with Gasteiger partial charge in [0.25, 0.3) is 6.71 Å². The molecule has 0 radical (unpaired) electrons. The van der Waals surface area contributed by atoms with E-state index in [1.54, 1.807) is 0 Å². The van der Waals surface area contributed by atoms with Crippen molar-refractivity contribution in [3.05, 3.63) is 251 Å². The third-order valence-corrected chi connectivity index (χ3v) is 18.8. The summed E-state index contributed by atoms with van der Waals surface area (Å²) >= 11 is 0. The number of anilines is 8. The maximum Gasteiger partial charge on any atom is 0.252 e. The zero-order chi connectivity index (χ0) is 55.0. The van der Waals surface area contributed by atoms with Crippen LogP contribution in [0.2, 0.25) is 0 Å². The highest BCUT2D eigenvalue weighted by Gasteiger charge is 2.60. The minimum Gasteiger partial charge on any atom is -0.330 e. The molecular weight excluding hydrogens is 968 g/mol. The Balaban J connectivity index is 1.04. The molecule has 0 fully saturated rings. The van der Waals surface area contributed by atoms with Crippen LogP contribution in [0.3, 0.4) is 0 Å². The van der Waals surface area contributed by atoms with Crippen LogP contribution < -0.4 is 31.1 Å². The second-order valence-corrected chi connectivity index (χ2v) is 25.7. The SMILES string of the molecule is C=C1C=C(c2ccc3c(c2)C2(C)CCc4ccccc4C2(C)N3c2ccc3c(c2)N(c2ccc(C(C)(C)C)cc2)c2cc(C)cc4c2B3c2ccc(-c3ccccc3)cc2N4c2ccc(C(C)(C)C)cc2-c2ccccc2)C=NC1. The molecular formula is C75H69BN4. The summed E-state index contributed by atoms with van der Waals surface area (Å²) in [5.41, 5.74) is 29.0. The fourth-order valence-corrected chi connectivity index (χ4v) is 14.4. The van der Waals surface area contributed by atoms with Crippen molar-refractivity contribution in [3.63, 3.8) is 0 Å². The third-order valence-electron chi connectivity index (χ3n) is 18.8. The Hall–Kier alpha value is -8.41. The zero-order valence-electron chi connectivity index (χ0n) is 47.8. The normalized spacial score (nSPS) is 18.7. The number of dihydropyridines is 1. The summed E-state index contributed by atoms with van der Waals surface area (Å²) in [5, 5.41) is 0. The first kappa shape index (κ1) is 49.9. The third kappa shape index (κ3) is 7.60. The lowest BCUT2D eigenvalue weighted by Gasteiger charge is -2.51. The molecule has 80 heavy (non-hydrogen) atoms. The molecule has 4 heterocycles. The Morgan fingerprint density at radius 1 is 0.512 bits per heavy atom. The lowest BCUT2D eigenvalue weighted by atomic mass is 9.33. The highest BCUT2D eigenvalue weighted by molar-refractivity contribution is 7.00. The van der Waals surface area contributed by atoms with E-state index in [-0.39, 0.29) is 23.0 Å². The molecule has 5 heteroatoms. The molecule has 0 saturated heterocycles.